The standard InChI is InChI=1S/C41H35ClN6O2/c1-2-3-27-36-43-38(42)37(40(49)50)47(36)28-29-17-13-14-24-33(29)34-25-15-16-26-35(34)39-44-45-46-48(39)41(30-18-7-4-8-19-30,31-20-9-5-10-21-31)32-22-11-6-12-23-32/h4-26H,2-3,27-28H2,1H3,(H,49,50). The molecule has 0 unspecified atom stereocenters. The number of unbranched alkanes of at least 4 members (excludes halogenated alkanes) is 1. The summed E-state index contributed by atoms with van der Waals surface area (Å²) in [7, 11) is 0. The molecule has 0 spiro atoms. The van der Waals surface area contributed by atoms with Crippen molar-refractivity contribution in [2.24, 2.45) is 0 Å². The van der Waals surface area contributed by atoms with E-state index in [2.05, 4.69) is 59.6 Å². The lowest BCUT2D eigenvalue weighted by molar-refractivity contribution is 0.0685. The Kier molecular flexibility index (Phi) is 9.36. The first-order valence-electron chi connectivity index (χ1n) is 16.6. The first-order valence-corrected chi connectivity index (χ1v) is 17.0. The number of imidazole rings is 1. The molecule has 0 saturated carbocycles. The minimum absolute atomic E-state index is 0.000244. The predicted octanol–water partition coefficient (Wildman–Crippen LogP) is 8.79. The zero-order valence-corrected chi connectivity index (χ0v) is 28.3. The van der Waals surface area contributed by atoms with Crippen LogP contribution in [0.25, 0.3) is 22.5 Å². The Hall–Kier alpha value is -5.86. The number of carbonyl (C=O) groups is 1. The van der Waals surface area contributed by atoms with E-state index >= 15 is 0 Å². The smallest absolute Gasteiger partial charge is 0.355 e. The fourth-order valence-electron chi connectivity index (χ4n) is 6.86. The van der Waals surface area contributed by atoms with Crippen LogP contribution in [0.4, 0.5) is 0 Å². The number of hydrogen-bond acceptors (Lipinski definition) is 5. The molecule has 1 N–H and O–H groups in total. The molecule has 2 aromatic heterocycles. The van der Waals surface area contributed by atoms with Gasteiger partial charge in [0, 0.05) is 12.0 Å². The minimum Gasteiger partial charge on any atom is -0.476 e. The average Bonchev–Trinajstić information content (AvgIpc) is 3.77. The third-order valence-electron chi connectivity index (χ3n) is 9.13. The maximum absolute atomic E-state index is 12.4. The van der Waals surface area contributed by atoms with E-state index in [4.69, 9.17) is 21.9 Å². The van der Waals surface area contributed by atoms with E-state index in [9.17, 15) is 9.90 Å². The average molecular weight is 679 g/mol. The van der Waals surface area contributed by atoms with Gasteiger partial charge in [-0.05, 0) is 50.2 Å². The van der Waals surface area contributed by atoms with Gasteiger partial charge in [0.1, 0.15) is 11.4 Å². The van der Waals surface area contributed by atoms with Crippen molar-refractivity contribution in [1.29, 1.82) is 0 Å². The highest BCUT2D eigenvalue weighted by Gasteiger charge is 2.42. The quantitative estimate of drug-likeness (QED) is 0.130. The molecule has 0 aliphatic heterocycles. The molecule has 7 aromatic rings. The van der Waals surface area contributed by atoms with Crippen molar-refractivity contribution < 1.29 is 9.90 Å². The van der Waals surface area contributed by atoms with Gasteiger partial charge < -0.3 is 9.67 Å². The van der Waals surface area contributed by atoms with Gasteiger partial charge in [0.15, 0.2) is 16.7 Å². The van der Waals surface area contributed by atoms with Crippen LogP contribution in [0.3, 0.4) is 0 Å². The van der Waals surface area contributed by atoms with Gasteiger partial charge in [-0.25, -0.2) is 14.5 Å². The molecular weight excluding hydrogens is 644 g/mol. The second-order valence-electron chi connectivity index (χ2n) is 12.1. The molecular formula is C41H35ClN6O2. The summed E-state index contributed by atoms with van der Waals surface area (Å²) in [6.07, 6.45) is 2.44. The maximum Gasteiger partial charge on any atom is 0.355 e. The number of aromatic nitrogens is 6. The Morgan fingerprint density at radius 1 is 0.720 bits per heavy atom. The number of carboxylic acids is 1. The highest BCUT2D eigenvalue weighted by atomic mass is 35.5. The van der Waals surface area contributed by atoms with Crippen molar-refractivity contribution >= 4 is 17.6 Å². The predicted molar refractivity (Wildman–Crippen MR) is 195 cm³/mol. The summed E-state index contributed by atoms with van der Waals surface area (Å²) >= 11 is 6.41. The normalized spacial score (nSPS) is 11.5. The van der Waals surface area contributed by atoms with Gasteiger partial charge in [-0.15, -0.1) is 5.10 Å². The number of nitrogens with zero attached hydrogens (tertiary/aromatic N) is 6. The Morgan fingerprint density at radius 3 is 1.80 bits per heavy atom. The lowest BCUT2D eigenvalue weighted by atomic mass is 9.77. The molecule has 8 nitrogen and oxygen atoms in total. The molecule has 50 heavy (non-hydrogen) atoms. The summed E-state index contributed by atoms with van der Waals surface area (Å²) < 4.78 is 3.66. The first-order chi connectivity index (χ1) is 24.5. The summed E-state index contributed by atoms with van der Waals surface area (Å²) in [5, 5.41) is 23.9. The van der Waals surface area contributed by atoms with E-state index in [0.29, 0.717) is 18.1 Å². The van der Waals surface area contributed by atoms with E-state index in [1.807, 2.05) is 102 Å². The summed E-state index contributed by atoms with van der Waals surface area (Å²) in [4.78, 5) is 16.9. The number of carboxylic acid groups (broad SMARTS) is 1. The van der Waals surface area contributed by atoms with E-state index in [1.165, 1.54) is 0 Å². The van der Waals surface area contributed by atoms with Crippen molar-refractivity contribution in [2.75, 3.05) is 0 Å². The number of tetrazole rings is 1. The molecule has 0 bridgehead atoms. The largest absolute Gasteiger partial charge is 0.476 e. The lowest BCUT2D eigenvalue weighted by Crippen LogP contribution is -2.39. The number of hydrogen-bond donors (Lipinski definition) is 1. The van der Waals surface area contributed by atoms with Crippen LogP contribution in [0.1, 0.15) is 58.3 Å². The van der Waals surface area contributed by atoms with Crippen LogP contribution in [0.2, 0.25) is 5.15 Å². The van der Waals surface area contributed by atoms with Gasteiger partial charge in [0.25, 0.3) is 0 Å². The van der Waals surface area contributed by atoms with E-state index in [-0.39, 0.29) is 17.4 Å². The maximum atomic E-state index is 12.4. The van der Waals surface area contributed by atoms with Gasteiger partial charge in [-0.3, -0.25) is 0 Å². The molecule has 2 heterocycles. The molecule has 0 saturated heterocycles. The fourth-order valence-corrected chi connectivity index (χ4v) is 7.14. The summed E-state index contributed by atoms with van der Waals surface area (Å²) in [5.41, 5.74) is 5.63. The lowest BCUT2D eigenvalue weighted by Gasteiger charge is -2.36. The van der Waals surface area contributed by atoms with Gasteiger partial charge in [0.2, 0.25) is 0 Å². The number of halogens is 1. The third-order valence-corrected chi connectivity index (χ3v) is 9.39. The molecule has 0 fully saturated rings. The zero-order valence-electron chi connectivity index (χ0n) is 27.5. The first kappa shape index (κ1) is 32.7. The van der Waals surface area contributed by atoms with Crippen molar-refractivity contribution in [3.63, 3.8) is 0 Å². The summed E-state index contributed by atoms with van der Waals surface area (Å²) in [6.45, 7) is 2.37. The van der Waals surface area contributed by atoms with Gasteiger partial charge >= 0.3 is 5.97 Å². The van der Waals surface area contributed by atoms with Gasteiger partial charge in [-0.2, -0.15) is 0 Å². The monoisotopic (exact) mass is 678 g/mol. The number of aromatic carboxylic acids is 1. The highest BCUT2D eigenvalue weighted by Crippen LogP contribution is 2.43. The third kappa shape index (κ3) is 5.88. The van der Waals surface area contributed by atoms with Crippen LogP contribution < -0.4 is 0 Å². The number of benzene rings is 5. The molecule has 0 amide bonds. The minimum atomic E-state index is -1.11. The molecule has 7 rings (SSSR count). The Balaban J connectivity index is 1.44. The number of rotatable bonds is 12. The van der Waals surface area contributed by atoms with Crippen molar-refractivity contribution in [1.82, 2.24) is 29.8 Å². The van der Waals surface area contributed by atoms with Gasteiger partial charge in [0.05, 0.1) is 6.54 Å². The van der Waals surface area contributed by atoms with Crippen molar-refractivity contribution in [3.8, 4) is 22.5 Å². The molecule has 0 radical (unpaired) electrons. The zero-order chi connectivity index (χ0) is 34.5. The van der Waals surface area contributed by atoms with E-state index < -0.39 is 11.5 Å². The highest BCUT2D eigenvalue weighted by molar-refractivity contribution is 6.32. The van der Waals surface area contributed by atoms with Gasteiger partial charge in [-0.1, -0.05) is 164 Å². The summed E-state index contributed by atoms with van der Waals surface area (Å²) in [6, 6.07) is 47.0. The number of aryl methyl sites for hydroxylation is 1. The van der Waals surface area contributed by atoms with Crippen LogP contribution >= 0.6 is 11.6 Å². The second-order valence-corrected chi connectivity index (χ2v) is 12.4. The van der Waals surface area contributed by atoms with Crippen LogP contribution in [-0.4, -0.2) is 40.8 Å². The SMILES string of the molecule is CCCCc1nc(Cl)c(C(=O)O)n1Cc1ccccc1-c1ccccc1-c1nnnn1C(c1ccccc1)(c1ccccc1)c1ccccc1. The van der Waals surface area contributed by atoms with Crippen LogP contribution in [0.5, 0.6) is 0 Å². The van der Waals surface area contributed by atoms with Crippen LogP contribution in [-0.2, 0) is 18.5 Å². The Bertz CT molecular complexity index is 2140. The molecule has 0 aliphatic rings. The van der Waals surface area contributed by atoms with Crippen LogP contribution in [0.15, 0.2) is 140 Å². The molecule has 248 valence electrons. The summed E-state index contributed by atoms with van der Waals surface area (Å²) in [5.74, 6) is 0.119. The fraction of sp³-hybridized carbons (Fsp3) is 0.146. The Morgan fingerprint density at radius 2 is 1.24 bits per heavy atom. The molecule has 0 atom stereocenters. The van der Waals surface area contributed by atoms with Crippen molar-refractivity contribution in [3.05, 3.63) is 178 Å². The van der Waals surface area contributed by atoms with Crippen LogP contribution in [0, 0.1) is 0 Å². The Labute approximate surface area is 295 Å². The van der Waals surface area contributed by atoms with Crippen molar-refractivity contribution in [2.45, 2.75) is 38.3 Å². The molecule has 9 heteroatoms. The topological polar surface area (TPSA) is 98.7 Å². The second kappa shape index (κ2) is 14.3. The molecule has 0 aliphatic carbocycles. The van der Waals surface area contributed by atoms with E-state index in [0.717, 1.165) is 51.8 Å². The van der Waals surface area contributed by atoms with E-state index in [1.54, 1.807) is 4.57 Å². The molecule has 5 aromatic carbocycles.